The third-order valence-electron chi connectivity index (χ3n) is 4.80. The van der Waals surface area contributed by atoms with Gasteiger partial charge in [0.25, 0.3) is 11.5 Å². The second-order valence-corrected chi connectivity index (χ2v) is 7.81. The van der Waals surface area contributed by atoms with Crippen LogP contribution in [0.3, 0.4) is 0 Å². The van der Waals surface area contributed by atoms with E-state index in [9.17, 15) is 19.5 Å². The molecule has 0 saturated carbocycles. The lowest BCUT2D eigenvalue weighted by molar-refractivity contribution is -0.139. The highest BCUT2D eigenvalue weighted by atomic mass is 35.5. The number of rotatable bonds is 6. The second-order valence-electron chi connectivity index (χ2n) is 6.99. The molecule has 7 nitrogen and oxygen atoms in total. The van der Waals surface area contributed by atoms with Crippen molar-refractivity contribution in [2.24, 2.45) is 7.05 Å². The van der Waals surface area contributed by atoms with Gasteiger partial charge in [-0.15, -0.1) is 0 Å². The lowest BCUT2D eigenvalue weighted by atomic mass is 9.99. The zero-order valence-electron chi connectivity index (χ0n) is 16.7. The average Bonchev–Trinajstić information content (AvgIpc) is 2.71. The Morgan fingerprint density at radius 3 is 2.32 bits per heavy atom. The van der Waals surface area contributed by atoms with Gasteiger partial charge < -0.3 is 10.4 Å². The molecule has 0 radical (unpaired) electrons. The summed E-state index contributed by atoms with van der Waals surface area (Å²) in [7, 11) is 1.57. The van der Waals surface area contributed by atoms with Crippen molar-refractivity contribution in [3.63, 3.8) is 0 Å². The third kappa shape index (κ3) is 4.95. The first-order chi connectivity index (χ1) is 14.7. The monoisotopic (exact) mass is 459 g/mol. The largest absolute Gasteiger partial charge is 0.480 e. The molecule has 0 saturated heterocycles. The number of hydrogen-bond acceptors (Lipinski definition) is 4. The summed E-state index contributed by atoms with van der Waals surface area (Å²) in [4.78, 5) is 36.7. The van der Waals surface area contributed by atoms with E-state index in [1.54, 1.807) is 50.5 Å². The van der Waals surface area contributed by atoms with Crippen molar-refractivity contribution >= 4 is 35.1 Å². The summed E-state index contributed by atoms with van der Waals surface area (Å²) in [6.07, 6.45) is 1.65. The first-order valence-corrected chi connectivity index (χ1v) is 10.0. The van der Waals surface area contributed by atoms with E-state index in [-0.39, 0.29) is 27.6 Å². The minimum atomic E-state index is -1.19. The number of aromatic nitrogens is 2. The van der Waals surface area contributed by atoms with Crippen molar-refractivity contribution in [2.75, 3.05) is 0 Å². The van der Waals surface area contributed by atoms with Gasteiger partial charge in [0.1, 0.15) is 6.04 Å². The number of hydrogen-bond donors (Lipinski definition) is 2. The summed E-state index contributed by atoms with van der Waals surface area (Å²) in [5, 5.41) is 16.3. The van der Waals surface area contributed by atoms with Crippen LogP contribution in [0.5, 0.6) is 0 Å². The van der Waals surface area contributed by atoms with Crippen LogP contribution in [0.1, 0.15) is 21.5 Å². The van der Waals surface area contributed by atoms with Gasteiger partial charge in [0.05, 0.1) is 27.4 Å². The second kappa shape index (κ2) is 9.32. The summed E-state index contributed by atoms with van der Waals surface area (Å²) in [5.41, 5.74) is 2.44. The number of nitrogens with one attached hydrogen (secondary N) is 1. The molecule has 3 rings (SSSR count). The summed E-state index contributed by atoms with van der Waals surface area (Å²) in [6, 6.07) is 10.3. The van der Waals surface area contributed by atoms with Crippen LogP contribution in [-0.4, -0.2) is 32.8 Å². The number of nitrogens with zero attached hydrogens (tertiary/aromatic N) is 2. The molecule has 1 atom stereocenters. The Morgan fingerprint density at radius 2 is 1.74 bits per heavy atom. The Bertz CT molecular complexity index is 1190. The summed E-state index contributed by atoms with van der Waals surface area (Å²) < 4.78 is 1.26. The van der Waals surface area contributed by atoms with Gasteiger partial charge in [0.15, 0.2) is 0 Å². The minimum Gasteiger partial charge on any atom is -0.480 e. The van der Waals surface area contributed by atoms with E-state index in [1.807, 2.05) is 0 Å². The van der Waals surface area contributed by atoms with Gasteiger partial charge in [-0.3, -0.25) is 9.59 Å². The smallest absolute Gasteiger partial charge is 0.326 e. The highest BCUT2D eigenvalue weighted by Crippen LogP contribution is 2.24. The van der Waals surface area contributed by atoms with Gasteiger partial charge in [-0.25, -0.2) is 9.48 Å². The molecule has 31 heavy (non-hydrogen) atoms. The lowest BCUT2D eigenvalue weighted by Gasteiger charge is -2.16. The Balaban J connectivity index is 1.82. The highest BCUT2D eigenvalue weighted by molar-refractivity contribution is 6.39. The number of aryl methyl sites for hydroxylation is 2. The molecule has 2 aromatic carbocycles. The minimum absolute atomic E-state index is 0.0245. The fourth-order valence-electron chi connectivity index (χ4n) is 3.16. The van der Waals surface area contributed by atoms with E-state index in [2.05, 4.69) is 10.4 Å². The molecule has 1 aromatic heterocycles. The van der Waals surface area contributed by atoms with Crippen molar-refractivity contribution in [1.82, 2.24) is 15.1 Å². The maximum atomic E-state index is 12.6. The summed E-state index contributed by atoms with van der Waals surface area (Å²) in [6.45, 7) is 1.80. The molecule has 0 bridgehead atoms. The zero-order chi connectivity index (χ0) is 22.7. The predicted molar refractivity (Wildman–Crippen MR) is 119 cm³/mol. The summed E-state index contributed by atoms with van der Waals surface area (Å²) in [5.74, 6) is -1.87. The molecule has 0 spiro atoms. The molecule has 2 N–H and O–H groups in total. The number of carboxylic acids is 1. The predicted octanol–water partition coefficient (Wildman–Crippen LogP) is 3.49. The van der Waals surface area contributed by atoms with E-state index in [4.69, 9.17) is 23.2 Å². The van der Waals surface area contributed by atoms with Crippen LogP contribution < -0.4 is 10.9 Å². The molecule has 0 fully saturated rings. The first-order valence-electron chi connectivity index (χ1n) is 9.29. The van der Waals surface area contributed by atoms with Crippen LogP contribution in [-0.2, 0) is 18.3 Å². The number of benzene rings is 2. The summed E-state index contributed by atoms with van der Waals surface area (Å²) >= 11 is 12.1. The topological polar surface area (TPSA) is 101 Å². The number of carboxylic acid groups (broad SMARTS) is 1. The van der Waals surface area contributed by atoms with Crippen molar-refractivity contribution in [1.29, 1.82) is 0 Å². The van der Waals surface area contributed by atoms with Crippen LogP contribution >= 0.6 is 23.2 Å². The van der Waals surface area contributed by atoms with E-state index in [1.165, 1.54) is 16.8 Å². The Kier molecular flexibility index (Phi) is 6.77. The maximum Gasteiger partial charge on any atom is 0.326 e. The third-order valence-corrected chi connectivity index (χ3v) is 5.43. The van der Waals surface area contributed by atoms with Gasteiger partial charge in [-0.05, 0) is 35.7 Å². The Morgan fingerprint density at radius 1 is 1.13 bits per heavy atom. The standard InChI is InChI=1S/C22H19Cl2N3O4/c1-12-11-25-27(2)21(29)18(12)14-8-6-13(7-9-14)10-17(22(30)31)26-20(28)19-15(23)4-3-5-16(19)24/h3-9,11,17H,10H2,1-2H3,(H,26,28)(H,30,31). The van der Waals surface area contributed by atoms with Gasteiger partial charge in [0.2, 0.25) is 0 Å². The quantitative estimate of drug-likeness (QED) is 0.587. The number of carbonyl (C=O) groups excluding carboxylic acids is 1. The first kappa shape index (κ1) is 22.5. The molecule has 1 amide bonds. The van der Waals surface area contributed by atoms with Gasteiger partial charge in [-0.1, -0.05) is 53.5 Å². The fourth-order valence-corrected chi connectivity index (χ4v) is 3.73. The molecule has 3 aromatic rings. The lowest BCUT2D eigenvalue weighted by Crippen LogP contribution is -2.42. The van der Waals surface area contributed by atoms with E-state index < -0.39 is 17.9 Å². The highest BCUT2D eigenvalue weighted by Gasteiger charge is 2.24. The molecule has 0 aliphatic carbocycles. The molecule has 0 aliphatic heterocycles. The van der Waals surface area contributed by atoms with Crippen molar-refractivity contribution < 1.29 is 14.7 Å². The van der Waals surface area contributed by atoms with Crippen LogP contribution in [0.25, 0.3) is 11.1 Å². The molecule has 160 valence electrons. The average molecular weight is 460 g/mol. The van der Waals surface area contributed by atoms with Crippen LogP contribution in [0.4, 0.5) is 0 Å². The molecule has 9 heteroatoms. The number of aliphatic carboxylic acids is 1. The number of halogens is 2. The number of carbonyl (C=O) groups is 2. The molecular formula is C22H19Cl2N3O4. The SMILES string of the molecule is Cc1cnn(C)c(=O)c1-c1ccc(CC(NC(=O)c2c(Cl)cccc2Cl)C(=O)O)cc1. The van der Waals surface area contributed by atoms with Crippen molar-refractivity contribution in [3.8, 4) is 11.1 Å². The van der Waals surface area contributed by atoms with Crippen molar-refractivity contribution in [3.05, 3.63) is 85.8 Å². The molecule has 0 aliphatic rings. The zero-order valence-corrected chi connectivity index (χ0v) is 18.2. The van der Waals surface area contributed by atoms with Crippen molar-refractivity contribution in [2.45, 2.75) is 19.4 Å². The van der Waals surface area contributed by atoms with Crippen LogP contribution in [0.2, 0.25) is 10.0 Å². The maximum absolute atomic E-state index is 12.6. The molecular weight excluding hydrogens is 441 g/mol. The van der Waals surface area contributed by atoms with Gasteiger partial charge >= 0.3 is 5.97 Å². The van der Waals surface area contributed by atoms with Crippen LogP contribution in [0.15, 0.2) is 53.5 Å². The Labute approximate surface area is 188 Å². The molecule has 1 unspecified atom stereocenters. The normalized spacial score (nSPS) is 11.7. The van der Waals surface area contributed by atoms with E-state index >= 15 is 0 Å². The van der Waals surface area contributed by atoms with Crippen LogP contribution in [0, 0.1) is 6.92 Å². The molecule has 1 heterocycles. The number of amides is 1. The van der Waals surface area contributed by atoms with Gasteiger partial charge in [0, 0.05) is 13.5 Å². The van der Waals surface area contributed by atoms with E-state index in [0.717, 1.165) is 5.56 Å². The van der Waals surface area contributed by atoms with E-state index in [0.29, 0.717) is 16.7 Å². The fraction of sp³-hybridized carbons (Fsp3) is 0.182. The van der Waals surface area contributed by atoms with Gasteiger partial charge in [-0.2, -0.15) is 5.10 Å². The Hall–Kier alpha value is -3.16.